The van der Waals surface area contributed by atoms with Crippen LogP contribution in [0.15, 0.2) is 59.5 Å². The van der Waals surface area contributed by atoms with Gasteiger partial charge in [0, 0.05) is 17.0 Å². The zero-order valence-corrected chi connectivity index (χ0v) is 16.1. The molecule has 27 heavy (non-hydrogen) atoms. The number of amides is 2. The molecule has 3 aliphatic heterocycles. The Bertz CT molecular complexity index is 883. The van der Waals surface area contributed by atoms with Gasteiger partial charge in [-0.3, -0.25) is 14.5 Å². The molecule has 0 radical (unpaired) electrons. The first-order chi connectivity index (χ1) is 13.2. The topological polar surface area (TPSA) is 40.6 Å². The smallest absolute Gasteiger partial charge is 0.239 e. The van der Waals surface area contributed by atoms with Crippen LogP contribution in [0, 0.1) is 11.8 Å². The maximum atomic E-state index is 13.4. The van der Waals surface area contributed by atoms with Crippen LogP contribution in [-0.2, 0) is 9.59 Å². The van der Waals surface area contributed by atoms with Gasteiger partial charge >= 0.3 is 0 Å². The van der Waals surface area contributed by atoms with E-state index < -0.39 is 0 Å². The van der Waals surface area contributed by atoms with Gasteiger partial charge in [0.15, 0.2) is 0 Å². The van der Waals surface area contributed by atoms with E-state index >= 15 is 0 Å². The van der Waals surface area contributed by atoms with E-state index in [1.807, 2.05) is 30.3 Å². The number of thioether (sulfide) groups is 1. The Hall–Kier alpha value is -2.11. The molecule has 4 atom stereocenters. The molecule has 0 saturated carbocycles. The van der Waals surface area contributed by atoms with Crippen LogP contribution < -0.4 is 4.90 Å². The Kier molecular flexibility index (Phi) is 4.10. The van der Waals surface area contributed by atoms with E-state index in [0.717, 1.165) is 24.9 Å². The standard InChI is InChI=1S/C22H22N2O2S/c1-27-16-11-9-14(10-12-16)20-19-18(17-8-5-13-23(17)20)21(25)24(22(19)26)15-6-3-2-4-7-15/h2-4,6-7,9-12,17-20H,5,8,13H2,1H3/t17-,18+,19-,20-/m1/s1. The first-order valence-electron chi connectivity index (χ1n) is 9.53. The molecule has 5 heteroatoms. The molecule has 4 nitrogen and oxygen atoms in total. The molecular weight excluding hydrogens is 356 g/mol. The molecule has 138 valence electrons. The molecule has 0 spiro atoms. The number of hydrogen-bond donors (Lipinski definition) is 0. The number of benzene rings is 2. The van der Waals surface area contributed by atoms with Gasteiger partial charge in [0.25, 0.3) is 0 Å². The van der Waals surface area contributed by atoms with Crippen LogP contribution in [0.2, 0.25) is 0 Å². The maximum Gasteiger partial charge on any atom is 0.239 e. The second-order valence-corrected chi connectivity index (χ2v) is 8.44. The normalized spacial score (nSPS) is 30.0. The molecule has 3 aliphatic rings. The van der Waals surface area contributed by atoms with E-state index in [0.29, 0.717) is 5.69 Å². The first-order valence-corrected chi connectivity index (χ1v) is 10.8. The van der Waals surface area contributed by atoms with E-state index in [4.69, 9.17) is 0 Å². The summed E-state index contributed by atoms with van der Waals surface area (Å²) in [5.41, 5.74) is 1.85. The van der Waals surface area contributed by atoms with Gasteiger partial charge in [0.1, 0.15) is 0 Å². The van der Waals surface area contributed by atoms with Gasteiger partial charge in [-0.25, -0.2) is 4.90 Å². The second-order valence-electron chi connectivity index (χ2n) is 7.56. The van der Waals surface area contributed by atoms with E-state index in [1.54, 1.807) is 11.8 Å². The summed E-state index contributed by atoms with van der Waals surface area (Å²) >= 11 is 1.71. The third kappa shape index (κ3) is 2.48. The monoisotopic (exact) mass is 378 g/mol. The molecule has 0 unspecified atom stereocenters. The zero-order chi connectivity index (χ0) is 18.5. The van der Waals surface area contributed by atoms with Crippen LogP contribution in [0.25, 0.3) is 0 Å². The Balaban J connectivity index is 1.57. The van der Waals surface area contributed by atoms with Crippen LogP contribution >= 0.6 is 11.8 Å². The second kappa shape index (κ2) is 6.50. The van der Waals surface area contributed by atoms with Crippen molar-refractivity contribution in [3.8, 4) is 0 Å². The highest BCUT2D eigenvalue weighted by molar-refractivity contribution is 7.98. The van der Waals surface area contributed by atoms with Crippen LogP contribution in [0.3, 0.4) is 0 Å². The molecule has 0 bridgehead atoms. The fourth-order valence-corrected chi connectivity index (χ4v) is 5.64. The summed E-state index contributed by atoms with van der Waals surface area (Å²) in [6.07, 6.45) is 4.16. The Morgan fingerprint density at radius 2 is 1.63 bits per heavy atom. The van der Waals surface area contributed by atoms with Gasteiger partial charge in [-0.2, -0.15) is 0 Å². The van der Waals surface area contributed by atoms with E-state index in [-0.39, 0.29) is 35.7 Å². The molecule has 2 aromatic rings. The minimum atomic E-state index is -0.275. The lowest BCUT2D eigenvalue weighted by Gasteiger charge is -2.29. The van der Waals surface area contributed by atoms with Crippen molar-refractivity contribution in [3.63, 3.8) is 0 Å². The van der Waals surface area contributed by atoms with Crippen molar-refractivity contribution in [1.82, 2.24) is 4.90 Å². The summed E-state index contributed by atoms with van der Waals surface area (Å²) in [5, 5.41) is 0. The minimum absolute atomic E-state index is 0.00330. The lowest BCUT2D eigenvalue weighted by Crippen LogP contribution is -2.39. The highest BCUT2D eigenvalue weighted by Gasteiger charge is 2.63. The number of carbonyl (C=O) groups excluding carboxylic acids is 2. The van der Waals surface area contributed by atoms with Crippen molar-refractivity contribution in [1.29, 1.82) is 0 Å². The number of rotatable bonds is 3. The number of nitrogens with zero attached hydrogens (tertiary/aromatic N) is 2. The summed E-state index contributed by atoms with van der Waals surface area (Å²) in [4.78, 5) is 31.8. The third-order valence-electron chi connectivity index (χ3n) is 6.32. The van der Waals surface area contributed by atoms with Gasteiger partial charge in [0.05, 0.1) is 17.5 Å². The highest BCUT2D eigenvalue weighted by Crippen LogP contribution is 2.53. The molecule has 3 fully saturated rings. The minimum Gasteiger partial charge on any atom is -0.292 e. The number of imide groups is 1. The lowest BCUT2D eigenvalue weighted by atomic mass is 9.85. The van der Waals surface area contributed by atoms with E-state index in [9.17, 15) is 9.59 Å². The lowest BCUT2D eigenvalue weighted by molar-refractivity contribution is -0.123. The molecule has 5 rings (SSSR count). The maximum absolute atomic E-state index is 13.4. The van der Waals surface area contributed by atoms with Crippen LogP contribution in [0.4, 0.5) is 5.69 Å². The van der Waals surface area contributed by atoms with Gasteiger partial charge in [-0.05, 0) is 55.5 Å². The van der Waals surface area contributed by atoms with Crippen molar-refractivity contribution in [2.45, 2.75) is 29.8 Å². The fraction of sp³-hybridized carbons (Fsp3) is 0.364. The molecule has 0 aliphatic carbocycles. The van der Waals surface area contributed by atoms with E-state index in [1.165, 1.54) is 9.80 Å². The van der Waals surface area contributed by atoms with Crippen molar-refractivity contribution in [2.24, 2.45) is 11.8 Å². The largest absolute Gasteiger partial charge is 0.292 e. The first kappa shape index (κ1) is 17.0. The summed E-state index contributed by atoms with van der Waals surface area (Å²) < 4.78 is 0. The molecule has 3 saturated heterocycles. The predicted octanol–water partition coefficient (Wildman–Crippen LogP) is 3.73. The molecular formula is C22H22N2O2S. The van der Waals surface area contributed by atoms with Gasteiger partial charge < -0.3 is 0 Å². The number of anilines is 1. The number of para-hydroxylation sites is 1. The third-order valence-corrected chi connectivity index (χ3v) is 7.07. The number of hydrogen-bond acceptors (Lipinski definition) is 4. The number of fused-ring (bicyclic) bond motifs is 3. The van der Waals surface area contributed by atoms with Crippen LogP contribution in [0.5, 0.6) is 0 Å². The molecule has 2 aromatic carbocycles. The van der Waals surface area contributed by atoms with Crippen molar-refractivity contribution in [3.05, 3.63) is 60.2 Å². The Labute approximate surface area is 163 Å². The summed E-state index contributed by atoms with van der Waals surface area (Å²) in [7, 11) is 0. The Morgan fingerprint density at radius 3 is 2.33 bits per heavy atom. The van der Waals surface area contributed by atoms with Crippen molar-refractivity contribution in [2.75, 3.05) is 17.7 Å². The fourth-order valence-electron chi connectivity index (χ4n) is 5.23. The predicted molar refractivity (Wildman–Crippen MR) is 107 cm³/mol. The molecule has 0 N–H and O–H groups in total. The summed E-state index contributed by atoms with van der Waals surface area (Å²) in [6, 6.07) is 18.1. The average molecular weight is 378 g/mol. The average Bonchev–Trinajstić information content (AvgIpc) is 3.35. The van der Waals surface area contributed by atoms with Crippen LogP contribution in [-0.4, -0.2) is 35.6 Å². The SMILES string of the molecule is CSc1ccc([C@@H]2[C@@H]3C(=O)N(c4ccccc4)C(=O)[C@H]3[C@H]3CCCN32)cc1. The van der Waals surface area contributed by atoms with Gasteiger partial charge in [0.2, 0.25) is 11.8 Å². The molecule has 2 amide bonds. The van der Waals surface area contributed by atoms with Crippen molar-refractivity contribution < 1.29 is 9.59 Å². The summed E-state index contributed by atoms with van der Waals surface area (Å²) in [6.45, 7) is 0.971. The van der Waals surface area contributed by atoms with Gasteiger partial charge in [-0.1, -0.05) is 30.3 Å². The quantitative estimate of drug-likeness (QED) is 0.603. The number of carbonyl (C=O) groups is 2. The molecule has 0 aromatic heterocycles. The van der Waals surface area contributed by atoms with Crippen molar-refractivity contribution >= 4 is 29.3 Å². The molecule has 3 heterocycles. The van der Waals surface area contributed by atoms with Crippen LogP contribution in [0.1, 0.15) is 24.4 Å². The van der Waals surface area contributed by atoms with Gasteiger partial charge in [-0.15, -0.1) is 11.8 Å². The summed E-state index contributed by atoms with van der Waals surface area (Å²) in [5.74, 6) is -0.547. The Morgan fingerprint density at radius 1 is 0.926 bits per heavy atom. The zero-order valence-electron chi connectivity index (χ0n) is 15.2. The van der Waals surface area contributed by atoms with E-state index in [2.05, 4.69) is 35.4 Å². The highest BCUT2D eigenvalue weighted by atomic mass is 32.2.